The van der Waals surface area contributed by atoms with Crippen molar-refractivity contribution >= 4 is 5.82 Å². The second-order valence-electron chi connectivity index (χ2n) is 7.36. The molecular formula is C16H29N5. The van der Waals surface area contributed by atoms with Gasteiger partial charge in [-0.25, -0.2) is 9.97 Å². The van der Waals surface area contributed by atoms with E-state index in [0.29, 0.717) is 17.9 Å². The van der Waals surface area contributed by atoms with Crippen LogP contribution in [0.5, 0.6) is 0 Å². The molecule has 0 aliphatic carbocycles. The molecule has 5 nitrogen and oxygen atoms in total. The van der Waals surface area contributed by atoms with E-state index in [1.165, 1.54) is 0 Å². The highest BCUT2D eigenvalue weighted by Crippen LogP contribution is 2.24. The summed E-state index contributed by atoms with van der Waals surface area (Å²) < 4.78 is 0. The molecule has 0 amide bonds. The van der Waals surface area contributed by atoms with Gasteiger partial charge in [0.15, 0.2) is 0 Å². The summed E-state index contributed by atoms with van der Waals surface area (Å²) in [6.07, 6.45) is 0. The maximum Gasteiger partial charge on any atom is 0.133 e. The fourth-order valence-electron chi connectivity index (χ4n) is 2.33. The summed E-state index contributed by atoms with van der Waals surface area (Å²) in [7, 11) is 0. The number of anilines is 1. The molecule has 5 heteroatoms. The minimum atomic E-state index is 0.0345. The molecule has 1 aliphatic rings. The van der Waals surface area contributed by atoms with Crippen molar-refractivity contribution in [2.24, 2.45) is 5.92 Å². The predicted molar refractivity (Wildman–Crippen MR) is 87.4 cm³/mol. The van der Waals surface area contributed by atoms with Crippen LogP contribution in [0.2, 0.25) is 0 Å². The quantitative estimate of drug-likeness (QED) is 0.795. The molecular weight excluding hydrogens is 262 g/mol. The molecule has 3 N–H and O–H groups in total. The number of hydrogen-bond acceptors (Lipinski definition) is 5. The third kappa shape index (κ3) is 4.14. The van der Waals surface area contributed by atoms with Crippen molar-refractivity contribution < 1.29 is 0 Å². The molecule has 0 spiro atoms. The van der Waals surface area contributed by atoms with Crippen molar-refractivity contribution in [3.05, 3.63) is 17.6 Å². The molecule has 2 unspecified atom stereocenters. The van der Waals surface area contributed by atoms with Gasteiger partial charge in [-0.1, -0.05) is 34.6 Å². The first-order chi connectivity index (χ1) is 9.77. The lowest BCUT2D eigenvalue weighted by molar-refractivity contribution is 0.508. The number of rotatable bonds is 4. The van der Waals surface area contributed by atoms with Gasteiger partial charge in [-0.3, -0.25) is 10.9 Å². The summed E-state index contributed by atoms with van der Waals surface area (Å²) in [6, 6.07) is 2.57. The Morgan fingerprint density at radius 1 is 1.33 bits per heavy atom. The predicted octanol–water partition coefficient (Wildman–Crippen LogP) is 2.42. The van der Waals surface area contributed by atoms with E-state index in [4.69, 9.17) is 4.98 Å². The largest absolute Gasteiger partial charge is 0.370 e. The van der Waals surface area contributed by atoms with E-state index in [1.807, 2.05) is 0 Å². The van der Waals surface area contributed by atoms with Crippen LogP contribution >= 0.6 is 0 Å². The Balaban J connectivity index is 2.16. The van der Waals surface area contributed by atoms with Gasteiger partial charge in [0, 0.05) is 42.4 Å². The van der Waals surface area contributed by atoms with Gasteiger partial charge in [0.2, 0.25) is 0 Å². The molecule has 1 saturated heterocycles. The smallest absolute Gasteiger partial charge is 0.133 e. The average Bonchev–Trinajstić information content (AvgIpc) is 2.80. The third-order valence-corrected chi connectivity index (χ3v) is 3.97. The molecule has 21 heavy (non-hydrogen) atoms. The summed E-state index contributed by atoms with van der Waals surface area (Å²) in [6.45, 7) is 15.0. The monoisotopic (exact) mass is 291 g/mol. The van der Waals surface area contributed by atoms with E-state index in [2.05, 4.69) is 68.8 Å². The molecule has 2 heterocycles. The molecule has 0 radical (unpaired) electrons. The zero-order valence-electron chi connectivity index (χ0n) is 14.1. The van der Waals surface area contributed by atoms with Crippen LogP contribution in [0.3, 0.4) is 0 Å². The van der Waals surface area contributed by atoms with Gasteiger partial charge < -0.3 is 5.32 Å². The molecule has 118 valence electrons. The fourth-order valence-corrected chi connectivity index (χ4v) is 2.33. The Bertz CT molecular complexity index is 478. The van der Waals surface area contributed by atoms with Crippen LogP contribution < -0.4 is 16.2 Å². The first kappa shape index (κ1) is 16.2. The molecule has 1 aromatic rings. The van der Waals surface area contributed by atoms with Crippen molar-refractivity contribution in [2.45, 2.75) is 58.9 Å². The molecule has 1 aromatic heterocycles. The van der Waals surface area contributed by atoms with Crippen LogP contribution in [-0.4, -0.2) is 29.1 Å². The van der Waals surface area contributed by atoms with Gasteiger partial charge in [0.05, 0.1) is 5.69 Å². The van der Waals surface area contributed by atoms with Crippen LogP contribution in [0.1, 0.15) is 59.0 Å². The minimum absolute atomic E-state index is 0.0345. The van der Waals surface area contributed by atoms with Crippen LogP contribution in [0.15, 0.2) is 6.07 Å². The number of nitrogens with zero attached hydrogens (tertiary/aromatic N) is 2. The topological polar surface area (TPSA) is 61.9 Å². The van der Waals surface area contributed by atoms with Crippen molar-refractivity contribution in [1.29, 1.82) is 0 Å². The van der Waals surface area contributed by atoms with E-state index in [-0.39, 0.29) is 5.41 Å². The SMILES string of the molecule is CC(C)c1nc(NCC2CNNC2C)cc(C(C)(C)C)n1. The highest BCUT2D eigenvalue weighted by atomic mass is 15.4. The number of hydrogen-bond donors (Lipinski definition) is 3. The van der Waals surface area contributed by atoms with E-state index < -0.39 is 0 Å². The van der Waals surface area contributed by atoms with Crippen LogP contribution in [0, 0.1) is 5.92 Å². The van der Waals surface area contributed by atoms with Crippen molar-refractivity contribution in [1.82, 2.24) is 20.8 Å². The van der Waals surface area contributed by atoms with E-state index in [9.17, 15) is 0 Å². The molecule has 1 fully saturated rings. The number of aromatic nitrogens is 2. The summed E-state index contributed by atoms with van der Waals surface area (Å²) in [4.78, 5) is 9.39. The zero-order valence-corrected chi connectivity index (χ0v) is 14.1. The lowest BCUT2D eigenvalue weighted by Gasteiger charge is -2.21. The summed E-state index contributed by atoms with van der Waals surface area (Å²) in [5, 5.41) is 3.49. The van der Waals surface area contributed by atoms with E-state index in [1.54, 1.807) is 0 Å². The lowest BCUT2D eigenvalue weighted by atomic mass is 9.91. The van der Waals surface area contributed by atoms with Gasteiger partial charge in [0.1, 0.15) is 11.6 Å². The Labute approximate surface area is 128 Å². The Morgan fingerprint density at radius 3 is 2.57 bits per heavy atom. The maximum absolute atomic E-state index is 4.72. The van der Waals surface area contributed by atoms with Gasteiger partial charge >= 0.3 is 0 Å². The fraction of sp³-hybridized carbons (Fsp3) is 0.750. The standard InChI is InChI=1S/C16H29N5/c1-10(2)15-19-13(16(4,5)6)7-14(20-15)17-8-12-9-18-21-11(12)3/h7,10-12,18,21H,8-9H2,1-6H3,(H,17,19,20). The first-order valence-corrected chi connectivity index (χ1v) is 7.89. The van der Waals surface area contributed by atoms with Gasteiger partial charge in [-0.05, 0) is 6.92 Å². The van der Waals surface area contributed by atoms with Crippen molar-refractivity contribution in [2.75, 3.05) is 18.4 Å². The first-order valence-electron chi connectivity index (χ1n) is 7.89. The third-order valence-electron chi connectivity index (χ3n) is 3.97. The molecule has 0 aromatic carbocycles. The minimum Gasteiger partial charge on any atom is -0.370 e. The summed E-state index contributed by atoms with van der Waals surface area (Å²) >= 11 is 0. The number of hydrazine groups is 1. The second-order valence-corrected chi connectivity index (χ2v) is 7.36. The molecule has 1 aliphatic heterocycles. The van der Waals surface area contributed by atoms with Gasteiger partial charge in [-0.15, -0.1) is 0 Å². The summed E-state index contributed by atoms with van der Waals surface area (Å²) in [5.74, 6) is 2.76. The molecule has 0 saturated carbocycles. The van der Waals surface area contributed by atoms with Gasteiger partial charge in [-0.2, -0.15) is 0 Å². The normalized spacial score (nSPS) is 22.8. The molecule has 2 rings (SSSR count). The van der Waals surface area contributed by atoms with E-state index >= 15 is 0 Å². The zero-order chi connectivity index (χ0) is 15.6. The van der Waals surface area contributed by atoms with Crippen LogP contribution in [0.25, 0.3) is 0 Å². The van der Waals surface area contributed by atoms with Crippen molar-refractivity contribution in [3.63, 3.8) is 0 Å². The highest BCUT2D eigenvalue weighted by Gasteiger charge is 2.23. The summed E-state index contributed by atoms with van der Waals surface area (Å²) in [5.41, 5.74) is 7.58. The lowest BCUT2D eigenvalue weighted by Crippen LogP contribution is -2.30. The molecule has 2 atom stereocenters. The Hall–Kier alpha value is -1.20. The number of nitrogens with one attached hydrogen (secondary N) is 3. The molecule has 0 bridgehead atoms. The Morgan fingerprint density at radius 2 is 2.05 bits per heavy atom. The highest BCUT2D eigenvalue weighted by molar-refractivity contribution is 5.38. The second kappa shape index (κ2) is 6.28. The van der Waals surface area contributed by atoms with Crippen LogP contribution in [0.4, 0.5) is 5.82 Å². The average molecular weight is 291 g/mol. The van der Waals surface area contributed by atoms with Gasteiger partial charge in [0.25, 0.3) is 0 Å². The van der Waals surface area contributed by atoms with Crippen molar-refractivity contribution in [3.8, 4) is 0 Å². The van der Waals surface area contributed by atoms with E-state index in [0.717, 1.165) is 30.4 Å². The Kier molecular flexibility index (Phi) is 4.84. The van der Waals surface area contributed by atoms with Crippen LogP contribution in [-0.2, 0) is 5.41 Å². The maximum atomic E-state index is 4.72.